The Morgan fingerprint density at radius 2 is 1.89 bits per heavy atom. The van der Waals surface area contributed by atoms with Crippen LogP contribution in [-0.4, -0.2) is 49.2 Å². The highest BCUT2D eigenvalue weighted by Crippen LogP contribution is 2.21. The minimum absolute atomic E-state index is 0.0781. The van der Waals surface area contributed by atoms with E-state index in [2.05, 4.69) is 23.7 Å². The molecule has 5 heteroatoms. The van der Waals surface area contributed by atoms with Gasteiger partial charge < -0.3 is 14.4 Å². The molecule has 0 bridgehead atoms. The number of nitrogens with zero attached hydrogens (tertiary/aromatic N) is 2. The lowest BCUT2D eigenvalue weighted by molar-refractivity contribution is 0.0656. The minimum atomic E-state index is -0.429. The molecule has 1 amide bonds. The van der Waals surface area contributed by atoms with E-state index in [1.165, 1.54) is 0 Å². The molecule has 2 fully saturated rings. The highest BCUT2D eigenvalue weighted by Gasteiger charge is 2.22. The summed E-state index contributed by atoms with van der Waals surface area (Å²) in [6, 6.07) is 0. The average Bonchev–Trinajstić information content (AvgIpc) is 2.89. The Morgan fingerprint density at radius 1 is 1.26 bits per heavy atom. The molecule has 1 aliphatic heterocycles. The number of aliphatic imine (C=N–C) groups is 1. The maximum atomic E-state index is 11.9. The number of carbonyl (C=O) groups is 1. The summed E-state index contributed by atoms with van der Waals surface area (Å²) >= 11 is 0. The summed E-state index contributed by atoms with van der Waals surface area (Å²) in [5, 5.41) is 0. The van der Waals surface area contributed by atoms with Gasteiger partial charge in [0, 0.05) is 19.0 Å². The van der Waals surface area contributed by atoms with Crippen molar-refractivity contribution in [1.29, 1.82) is 0 Å². The molecule has 0 aromatic carbocycles. The van der Waals surface area contributed by atoms with Crippen LogP contribution in [0.4, 0.5) is 4.79 Å². The summed E-state index contributed by atoms with van der Waals surface area (Å²) in [5.74, 6) is 1.04. The third-order valence-corrected chi connectivity index (χ3v) is 3.63. The van der Waals surface area contributed by atoms with Crippen molar-refractivity contribution < 1.29 is 14.3 Å². The first-order valence-electron chi connectivity index (χ1n) is 7.28. The minimum Gasteiger partial charge on any atom is -0.445 e. The van der Waals surface area contributed by atoms with E-state index < -0.39 is 6.09 Å². The van der Waals surface area contributed by atoms with Gasteiger partial charge in [0.2, 0.25) is 0 Å². The SMILES string of the molecule is CC(C)/C(=N/C(=O)OC1CCCC1)N1CCOCC1. The van der Waals surface area contributed by atoms with Crippen LogP contribution in [0.15, 0.2) is 4.99 Å². The Kier molecular flexibility index (Phi) is 5.19. The lowest BCUT2D eigenvalue weighted by atomic mass is 10.1. The Morgan fingerprint density at radius 3 is 2.47 bits per heavy atom. The van der Waals surface area contributed by atoms with Gasteiger partial charge >= 0.3 is 6.09 Å². The van der Waals surface area contributed by atoms with E-state index in [9.17, 15) is 4.79 Å². The molecule has 0 radical (unpaired) electrons. The van der Waals surface area contributed by atoms with Gasteiger partial charge in [0.05, 0.1) is 13.2 Å². The smallest absolute Gasteiger partial charge is 0.435 e. The maximum absolute atomic E-state index is 11.9. The van der Waals surface area contributed by atoms with Crippen molar-refractivity contribution in [2.45, 2.75) is 45.6 Å². The standard InChI is InChI=1S/C14H24N2O3/c1-11(2)13(16-7-9-18-10-8-16)15-14(17)19-12-5-3-4-6-12/h11-12H,3-10H2,1-2H3/b15-13-. The first kappa shape index (κ1) is 14.3. The van der Waals surface area contributed by atoms with Crippen LogP contribution >= 0.6 is 0 Å². The molecule has 0 aromatic rings. The van der Waals surface area contributed by atoms with E-state index in [1.54, 1.807) is 0 Å². The summed E-state index contributed by atoms with van der Waals surface area (Å²) in [5.41, 5.74) is 0. The van der Waals surface area contributed by atoms with Crippen molar-refractivity contribution in [3.8, 4) is 0 Å². The summed E-state index contributed by atoms with van der Waals surface area (Å²) in [4.78, 5) is 18.2. The van der Waals surface area contributed by atoms with E-state index in [0.29, 0.717) is 13.2 Å². The maximum Gasteiger partial charge on any atom is 0.435 e. The second-order valence-corrected chi connectivity index (χ2v) is 5.51. The van der Waals surface area contributed by atoms with Crippen molar-refractivity contribution in [2.24, 2.45) is 10.9 Å². The van der Waals surface area contributed by atoms with Gasteiger partial charge in [0.15, 0.2) is 0 Å². The zero-order chi connectivity index (χ0) is 13.7. The van der Waals surface area contributed by atoms with Crippen molar-refractivity contribution in [3.63, 3.8) is 0 Å². The predicted octanol–water partition coefficient (Wildman–Crippen LogP) is 2.45. The Labute approximate surface area is 115 Å². The normalized spacial score (nSPS) is 22.1. The van der Waals surface area contributed by atoms with E-state index >= 15 is 0 Å². The summed E-state index contributed by atoms with van der Waals surface area (Å²) in [6.45, 7) is 7.10. The van der Waals surface area contributed by atoms with Gasteiger partial charge in [-0.2, -0.15) is 4.99 Å². The van der Waals surface area contributed by atoms with Crippen LogP contribution in [0, 0.1) is 5.92 Å². The molecule has 0 spiro atoms. The van der Waals surface area contributed by atoms with Gasteiger partial charge in [-0.1, -0.05) is 13.8 Å². The number of hydrogen-bond donors (Lipinski definition) is 0. The fourth-order valence-electron chi connectivity index (χ4n) is 2.63. The first-order chi connectivity index (χ1) is 9.16. The van der Waals surface area contributed by atoms with Crippen LogP contribution in [0.5, 0.6) is 0 Å². The molecule has 0 unspecified atom stereocenters. The number of morpholine rings is 1. The van der Waals surface area contributed by atoms with E-state index in [4.69, 9.17) is 9.47 Å². The molecule has 0 atom stereocenters. The second kappa shape index (κ2) is 6.89. The quantitative estimate of drug-likeness (QED) is 0.570. The van der Waals surface area contributed by atoms with Gasteiger partial charge in [0.1, 0.15) is 11.9 Å². The molecule has 19 heavy (non-hydrogen) atoms. The van der Waals surface area contributed by atoms with Crippen molar-refractivity contribution in [3.05, 3.63) is 0 Å². The topological polar surface area (TPSA) is 51.1 Å². The van der Waals surface area contributed by atoms with Crippen LogP contribution < -0.4 is 0 Å². The number of ether oxygens (including phenoxy) is 2. The second-order valence-electron chi connectivity index (χ2n) is 5.51. The van der Waals surface area contributed by atoms with Crippen LogP contribution in [0.25, 0.3) is 0 Å². The third kappa shape index (κ3) is 4.20. The Balaban J connectivity index is 1.95. The molecule has 0 aromatic heterocycles. The van der Waals surface area contributed by atoms with Gasteiger partial charge in [-0.3, -0.25) is 0 Å². The van der Waals surface area contributed by atoms with Crippen molar-refractivity contribution in [2.75, 3.05) is 26.3 Å². The molecule has 0 N–H and O–H groups in total. The third-order valence-electron chi connectivity index (χ3n) is 3.63. The summed E-state index contributed by atoms with van der Waals surface area (Å²) in [6.07, 6.45) is 3.92. The molecule has 108 valence electrons. The fourth-order valence-corrected chi connectivity index (χ4v) is 2.63. The lowest BCUT2D eigenvalue weighted by Crippen LogP contribution is -2.43. The molecule has 1 saturated heterocycles. The Bertz CT molecular complexity index is 330. The molecule has 1 heterocycles. The largest absolute Gasteiger partial charge is 0.445 e. The number of amidine groups is 1. The highest BCUT2D eigenvalue weighted by atomic mass is 16.6. The molecular weight excluding hydrogens is 244 g/mol. The van der Waals surface area contributed by atoms with Crippen molar-refractivity contribution >= 4 is 11.9 Å². The lowest BCUT2D eigenvalue weighted by Gasteiger charge is -2.31. The molecule has 1 aliphatic carbocycles. The number of rotatable bonds is 2. The number of carbonyl (C=O) groups excluding carboxylic acids is 1. The number of amides is 1. The predicted molar refractivity (Wildman–Crippen MR) is 73.4 cm³/mol. The molecule has 1 saturated carbocycles. The zero-order valence-electron chi connectivity index (χ0n) is 11.9. The van der Waals surface area contributed by atoms with Gasteiger partial charge in [-0.05, 0) is 25.7 Å². The highest BCUT2D eigenvalue weighted by molar-refractivity contribution is 5.93. The van der Waals surface area contributed by atoms with E-state index in [0.717, 1.165) is 44.6 Å². The molecular formula is C14H24N2O3. The van der Waals surface area contributed by atoms with Crippen LogP contribution in [0.3, 0.4) is 0 Å². The number of hydrogen-bond acceptors (Lipinski definition) is 3. The van der Waals surface area contributed by atoms with Gasteiger partial charge in [-0.15, -0.1) is 0 Å². The average molecular weight is 268 g/mol. The van der Waals surface area contributed by atoms with Crippen molar-refractivity contribution in [1.82, 2.24) is 4.90 Å². The van der Waals surface area contributed by atoms with Gasteiger partial charge in [-0.25, -0.2) is 4.79 Å². The summed E-state index contributed by atoms with van der Waals surface area (Å²) in [7, 11) is 0. The van der Waals surface area contributed by atoms with Crippen LogP contribution in [0.2, 0.25) is 0 Å². The van der Waals surface area contributed by atoms with Gasteiger partial charge in [0.25, 0.3) is 0 Å². The molecule has 2 aliphatic rings. The van der Waals surface area contributed by atoms with Crippen LogP contribution in [-0.2, 0) is 9.47 Å². The first-order valence-corrected chi connectivity index (χ1v) is 7.28. The zero-order valence-corrected chi connectivity index (χ0v) is 11.9. The summed E-state index contributed by atoms with van der Waals surface area (Å²) < 4.78 is 10.7. The van der Waals surface area contributed by atoms with E-state index in [1.807, 2.05) is 0 Å². The van der Waals surface area contributed by atoms with Crippen LogP contribution in [0.1, 0.15) is 39.5 Å². The monoisotopic (exact) mass is 268 g/mol. The Hall–Kier alpha value is -1.10. The molecule has 5 nitrogen and oxygen atoms in total. The molecule has 2 rings (SSSR count). The van der Waals surface area contributed by atoms with E-state index in [-0.39, 0.29) is 12.0 Å². The fraction of sp³-hybridized carbons (Fsp3) is 0.857.